The van der Waals surface area contributed by atoms with Crippen LogP contribution < -0.4 is 10.3 Å². The number of ether oxygens (including phenoxy) is 2. The van der Waals surface area contributed by atoms with Crippen molar-refractivity contribution >= 4 is 27.5 Å². The van der Waals surface area contributed by atoms with Crippen LogP contribution in [0.4, 0.5) is 0 Å². The van der Waals surface area contributed by atoms with Crippen molar-refractivity contribution in [1.29, 1.82) is 0 Å². The average molecular weight is 358 g/mol. The predicted octanol–water partition coefficient (Wildman–Crippen LogP) is 3.53. The van der Waals surface area contributed by atoms with Crippen LogP contribution in [0.1, 0.15) is 39.7 Å². The molecule has 6 nitrogen and oxygen atoms in total. The van der Waals surface area contributed by atoms with E-state index in [2.05, 4.69) is 9.97 Å². The largest absolute Gasteiger partial charge is 0.496 e. The van der Waals surface area contributed by atoms with Crippen LogP contribution in [0, 0.1) is 13.8 Å². The molecule has 0 unspecified atom stereocenters. The minimum absolute atomic E-state index is 0.220. The fourth-order valence-electron chi connectivity index (χ4n) is 2.56. The van der Waals surface area contributed by atoms with Crippen LogP contribution in [0.3, 0.4) is 0 Å². The first-order valence-corrected chi connectivity index (χ1v) is 8.58. The van der Waals surface area contributed by atoms with E-state index in [0.29, 0.717) is 27.4 Å². The lowest BCUT2D eigenvalue weighted by molar-refractivity contribution is 0.0316. The van der Waals surface area contributed by atoms with Crippen molar-refractivity contribution in [3.63, 3.8) is 0 Å². The van der Waals surface area contributed by atoms with Crippen LogP contribution in [-0.4, -0.2) is 23.0 Å². The molecule has 3 aromatic rings. The van der Waals surface area contributed by atoms with E-state index in [0.717, 1.165) is 10.4 Å². The molecule has 0 spiro atoms. The molecule has 0 amide bonds. The second-order valence-electron chi connectivity index (χ2n) is 5.66. The van der Waals surface area contributed by atoms with E-state index in [9.17, 15) is 9.59 Å². The molecule has 0 saturated carbocycles. The van der Waals surface area contributed by atoms with E-state index < -0.39 is 12.1 Å². The molecule has 25 heavy (non-hydrogen) atoms. The summed E-state index contributed by atoms with van der Waals surface area (Å²) in [7, 11) is 1.49. The van der Waals surface area contributed by atoms with Gasteiger partial charge in [-0.25, -0.2) is 9.78 Å². The average Bonchev–Trinajstić information content (AvgIpc) is 2.89. The molecule has 0 aliphatic rings. The predicted molar refractivity (Wildman–Crippen MR) is 96.5 cm³/mol. The number of aryl methyl sites for hydroxylation is 2. The third kappa shape index (κ3) is 3.15. The molecular formula is C18H18N2O4S. The van der Waals surface area contributed by atoms with Crippen molar-refractivity contribution in [2.24, 2.45) is 0 Å². The van der Waals surface area contributed by atoms with Crippen LogP contribution in [0.15, 0.2) is 29.1 Å². The molecular weight excluding hydrogens is 340 g/mol. The number of hydrogen-bond acceptors (Lipinski definition) is 6. The maximum atomic E-state index is 12.4. The Hall–Kier alpha value is -2.67. The Labute approximate surface area is 148 Å². The first kappa shape index (κ1) is 17.2. The van der Waals surface area contributed by atoms with Gasteiger partial charge in [-0.3, -0.25) is 4.79 Å². The Bertz CT molecular complexity index is 1010. The molecule has 0 aliphatic heterocycles. The standard InChI is InChI=1S/C18H18N2O4S/c1-9-11(3)25-17-14(9)16(21)19-15(20-17)10(2)24-18(22)12-7-5-6-8-13(12)23-4/h5-8,10H,1-4H3,(H,19,20,21)/t10-/m1/s1. The topological polar surface area (TPSA) is 81.3 Å². The highest BCUT2D eigenvalue weighted by Crippen LogP contribution is 2.27. The summed E-state index contributed by atoms with van der Waals surface area (Å²) in [5.74, 6) is 0.217. The first-order valence-electron chi connectivity index (χ1n) is 7.76. The van der Waals surface area contributed by atoms with Crippen molar-refractivity contribution in [3.8, 4) is 5.75 Å². The zero-order valence-electron chi connectivity index (χ0n) is 14.4. The minimum atomic E-state index is -0.697. The van der Waals surface area contributed by atoms with Gasteiger partial charge in [-0.2, -0.15) is 0 Å². The van der Waals surface area contributed by atoms with Crippen LogP contribution in [-0.2, 0) is 4.74 Å². The van der Waals surface area contributed by atoms with Crippen LogP contribution in [0.5, 0.6) is 5.75 Å². The number of nitrogens with one attached hydrogen (secondary N) is 1. The number of thiophene rings is 1. The number of aromatic amines is 1. The fourth-order valence-corrected chi connectivity index (χ4v) is 3.59. The Balaban J connectivity index is 1.91. The number of aromatic nitrogens is 2. The van der Waals surface area contributed by atoms with Crippen molar-refractivity contribution in [3.05, 3.63) is 56.4 Å². The maximum absolute atomic E-state index is 12.4. The highest BCUT2D eigenvalue weighted by atomic mass is 32.1. The van der Waals surface area contributed by atoms with Gasteiger partial charge in [0, 0.05) is 4.88 Å². The van der Waals surface area contributed by atoms with Crippen molar-refractivity contribution in [1.82, 2.24) is 9.97 Å². The number of benzene rings is 1. The smallest absolute Gasteiger partial charge is 0.342 e. The quantitative estimate of drug-likeness (QED) is 0.722. The molecule has 130 valence electrons. The number of fused-ring (bicyclic) bond motifs is 1. The Morgan fingerprint density at radius 3 is 2.72 bits per heavy atom. The molecule has 7 heteroatoms. The maximum Gasteiger partial charge on any atom is 0.342 e. The highest BCUT2D eigenvalue weighted by Gasteiger charge is 2.20. The molecule has 1 N–H and O–H groups in total. The Morgan fingerprint density at radius 1 is 1.28 bits per heavy atom. The van der Waals surface area contributed by atoms with Crippen LogP contribution >= 0.6 is 11.3 Å². The van der Waals surface area contributed by atoms with Gasteiger partial charge in [0.15, 0.2) is 11.9 Å². The second kappa shape index (κ2) is 6.68. The number of hydrogen-bond donors (Lipinski definition) is 1. The molecule has 1 atom stereocenters. The van der Waals surface area contributed by atoms with Gasteiger partial charge in [0.1, 0.15) is 16.1 Å². The van der Waals surface area contributed by atoms with Crippen molar-refractivity contribution < 1.29 is 14.3 Å². The van der Waals surface area contributed by atoms with E-state index in [4.69, 9.17) is 9.47 Å². The summed E-state index contributed by atoms with van der Waals surface area (Å²) in [6, 6.07) is 6.81. The number of para-hydroxylation sites is 1. The number of H-pyrrole nitrogens is 1. The van der Waals surface area contributed by atoms with Gasteiger partial charge in [0.05, 0.1) is 12.5 Å². The fraction of sp³-hybridized carbons (Fsp3) is 0.278. The lowest BCUT2D eigenvalue weighted by Crippen LogP contribution is -2.17. The Morgan fingerprint density at radius 2 is 2.00 bits per heavy atom. The number of carbonyl (C=O) groups is 1. The summed E-state index contributed by atoms with van der Waals surface area (Å²) in [5.41, 5.74) is 1.03. The Kier molecular flexibility index (Phi) is 4.59. The summed E-state index contributed by atoms with van der Waals surface area (Å²) in [6.45, 7) is 5.52. The summed E-state index contributed by atoms with van der Waals surface area (Å²) in [5, 5.41) is 0.592. The molecule has 3 rings (SSSR count). The van der Waals surface area contributed by atoms with Crippen LogP contribution in [0.2, 0.25) is 0 Å². The van der Waals surface area contributed by atoms with Crippen molar-refractivity contribution in [2.75, 3.05) is 7.11 Å². The zero-order valence-corrected chi connectivity index (χ0v) is 15.2. The summed E-state index contributed by atoms with van der Waals surface area (Å²) < 4.78 is 10.6. The first-order chi connectivity index (χ1) is 11.9. The summed E-state index contributed by atoms with van der Waals surface area (Å²) in [4.78, 5) is 33.6. The van der Waals surface area contributed by atoms with Gasteiger partial charge in [-0.05, 0) is 38.5 Å². The van der Waals surface area contributed by atoms with Gasteiger partial charge in [0.2, 0.25) is 0 Å². The van der Waals surface area contributed by atoms with Gasteiger partial charge in [-0.15, -0.1) is 11.3 Å². The number of methoxy groups -OCH3 is 1. The lowest BCUT2D eigenvalue weighted by Gasteiger charge is -2.14. The lowest BCUT2D eigenvalue weighted by atomic mass is 10.2. The van der Waals surface area contributed by atoms with Gasteiger partial charge < -0.3 is 14.5 Å². The van der Waals surface area contributed by atoms with Gasteiger partial charge in [-0.1, -0.05) is 12.1 Å². The van der Waals surface area contributed by atoms with E-state index in [-0.39, 0.29) is 5.56 Å². The van der Waals surface area contributed by atoms with E-state index in [1.54, 1.807) is 31.2 Å². The molecule has 1 aromatic carbocycles. The highest BCUT2D eigenvalue weighted by molar-refractivity contribution is 7.18. The number of carbonyl (C=O) groups excluding carboxylic acids is 1. The minimum Gasteiger partial charge on any atom is -0.496 e. The molecule has 2 heterocycles. The zero-order chi connectivity index (χ0) is 18.1. The summed E-state index contributed by atoms with van der Waals surface area (Å²) >= 11 is 1.45. The van der Waals surface area contributed by atoms with Crippen molar-refractivity contribution in [2.45, 2.75) is 26.9 Å². The number of nitrogens with zero attached hydrogens (tertiary/aromatic N) is 1. The van der Waals surface area contributed by atoms with Gasteiger partial charge >= 0.3 is 5.97 Å². The molecule has 0 fully saturated rings. The third-order valence-electron chi connectivity index (χ3n) is 4.05. The third-order valence-corrected chi connectivity index (χ3v) is 5.15. The molecule has 0 aliphatic carbocycles. The van der Waals surface area contributed by atoms with E-state index >= 15 is 0 Å². The normalized spacial score (nSPS) is 12.2. The summed E-state index contributed by atoms with van der Waals surface area (Å²) in [6.07, 6.45) is -0.697. The molecule has 0 saturated heterocycles. The number of rotatable bonds is 4. The van der Waals surface area contributed by atoms with E-state index in [1.165, 1.54) is 18.4 Å². The monoisotopic (exact) mass is 358 g/mol. The molecule has 0 bridgehead atoms. The number of esters is 1. The molecule has 0 radical (unpaired) electrons. The van der Waals surface area contributed by atoms with Gasteiger partial charge in [0.25, 0.3) is 5.56 Å². The SMILES string of the molecule is COc1ccccc1C(=O)O[C@H](C)c1nc2sc(C)c(C)c2c(=O)[nH]1. The van der Waals surface area contributed by atoms with E-state index in [1.807, 2.05) is 13.8 Å². The van der Waals surface area contributed by atoms with Crippen LogP contribution in [0.25, 0.3) is 10.2 Å². The second-order valence-corrected chi connectivity index (χ2v) is 6.87. The molecule has 2 aromatic heterocycles.